The topological polar surface area (TPSA) is 28.2 Å². The molecule has 2 aliphatic rings. The lowest BCUT2D eigenvalue weighted by molar-refractivity contribution is 0.132. The van der Waals surface area contributed by atoms with Gasteiger partial charge in [0.15, 0.2) is 0 Å². The van der Waals surface area contributed by atoms with Gasteiger partial charge in [0.25, 0.3) is 0 Å². The van der Waals surface area contributed by atoms with Crippen molar-refractivity contribution in [1.82, 2.24) is 15.2 Å². The molecule has 3 nitrogen and oxygen atoms in total. The third-order valence-corrected chi connectivity index (χ3v) is 4.94. The van der Waals surface area contributed by atoms with Crippen LogP contribution in [0.3, 0.4) is 0 Å². The van der Waals surface area contributed by atoms with E-state index in [4.69, 9.17) is 0 Å². The molecule has 0 aromatic carbocycles. The van der Waals surface area contributed by atoms with Crippen molar-refractivity contribution < 1.29 is 0 Å². The first kappa shape index (κ1) is 12.6. The molecular weight excluding hydrogens is 242 g/mol. The standard InChI is InChI=1S/C14H23N3S/c1-2-13(14-15-7-9-18-14)17-8-3-4-12(10-17)16-11-5-6-11/h7,9,11-13,16H,2-6,8,10H2,1H3. The van der Waals surface area contributed by atoms with Crippen LogP contribution in [0.4, 0.5) is 0 Å². The van der Waals surface area contributed by atoms with Crippen LogP contribution >= 0.6 is 11.3 Å². The molecule has 0 amide bonds. The molecule has 18 heavy (non-hydrogen) atoms. The average Bonchev–Trinajstić information content (AvgIpc) is 3.04. The van der Waals surface area contributed by atoms with Crippen molar-refractivity contribution in [2.24, 2.45) is 0 Å². The lowest BCUT2D eigenvalue weighted by Crippen LogP contribution is -2.47. The molecular formula is C14H23N3S. The molecule has 1 saturated carbocycles. The molecule has 1 aromatic heterocycles. The summed E-state index contributed by atoms with van der Waals surface area (Å²) >= 11 is 1.80. The van der Waals surface area contributed by atoms with Crippen LogP contribution < -0.4 is 5.32 Å². The molecule has 2 unspecified atom stereocenters. The minimum Gasteiger partial charge on any atom is -0.310 e. The molecule has 1 aliphatic carbocycles. The molecule has 1 saturated heterocycles. The Morgan fingerprint density at radius 3 is 3.00 bits per heavy atom. The summed E-state index contributed by atoms with van der Waals surface area (Å²) < 4.78 is 0. The van der Waals surface area contributed by atoms with Crippen molar-refractivity contribution in [1.29, 1.82) is 0 Å². The van der Waals surface area contributed by atoms with Crippen LogP contribution in [0.1, 0.15) is 50.1 Å². The summed E-state index contributed by atoms with van der Waals surface area (Å²) in [6, 6.07) is 2.07. The second-order valence-electron chi connectivity index (χ2n) is 5.57. The van der Waals surface area contributed by atoms with E-state index >= 15 is 0 Å². The first-order valence-electron chi connectivity index (χ1n) is 7.26. The van der Waals surface area contributed by atoms with E-state index in [0.29, 0.717) is 12.1 Å². The molecule has 2 heterocycles. The summed E-state index contributed by atoms with van der Waals surface area (Å²) in [5.74, 6) is 0. The summed E-state index contributed by atoms with van der Waals surface area (Å²) in [4.78, 5) is 7.16. The highest BCUT2D eigenvalue weighted by molar-refractivity contribution is 7.09. The van der Waals surface area contributed by atoms with Crippen LogP contribution in [0, 0.1) is 0 Å². The quantitative estimate of drug-likeness (QED) is 0.887. The molecule has 0 spiro atoms. The fourth-order valence-corrected chi connectivity index (χ4v) is 3.85. The number of aromatic nitrogens is 1. The van der Waals surface area contributed by atoms with Crippen molar-refractivity contribution in [3.8, 4) is 0 Å². The van der Waals surface area contributed by atoms with Crippen molar-refractivity contribution >= 4 is 11.3 Å². The fourth-order valence-electron chi connectivity index (χ4n) is 3.00. The maximum atomic E-state index is 4.52. The number of rotatable bonds is 5. The highest BCUT2D eigenvalue weighted by Gasteiger charge is 2.30. The Bertz CT molecular complexity index is 361. The summed E-state index contributed by atoms with van der Waals surface area (Å²) in [5, 5.41) is 7.18. The van der Waals surface area contributed by atoms with Crippen molar-refractivity contribution in [3.05, 3.63) is 16.6 Å². The normalized spacial score (nSPS) is 27.3. The number of thiazole rings is 1. The Hall–Kier alpha value is -0.450. The highest BCUT2D eigenvalue weighted by atomic mass is 32.1. The largest absolute Gasteiger partial charge is 0.310 e. The summed E-state index contributed by atoms with van der Waals surface area (Å²) in [6.45, 7) is 4.72. The Morgan fingerprint density at radius 2 is 2.33 bits per heavy atom. The molecule has 0 bridgehead atoms. The van der Waals surface area contributed by atoms with Gasteiger partial charge in [-0.25, -0.2) is 4.98 Å². The number of nitrogens with zero attached hydrogens (tertiary/aromatic N) is 2. The predicted molar refractivity (Wildman–Crippen MR) is 75.9 cm³/mol. The van der Waals surface area contributed by atoms with Gasteiger partial charge in [-0.05, 0) is 38.6 Å². The number of hydrogen-bond donors (Lipinski definition) is 1. The van der Waals surface area contributed by atoms with Gasteiger partial charge < -0.3 is 5.32 Å². The smallest absolute Gasteiger partial charge is 0.110 e. The van der Waals surface area contributed by atoms with Gasteiger partial charge in [0.05, 0.1) is 6.04 Å². The average molecular weight is 265 g/mol. The summed E-state index contributed by atoms with van der Waals surface area (Å²) in [5.41, 5.74) is 0. The third kappa shape index (κ3) is 2.92. The monoisotopic (exact) mass is 265 g/mol. The molecule has 1 aliphatic heterocycles. The van der Waals surface area contributed by atoms with E-state index in [1.165, 1.54) is 50.2 Å². The maximum absolute atomic E-state index is 4.52. The molecule has 1 aromatic rings. The van der Waals surface area contributed by atoms with E-state index in [1.807, 2.05) is 6.20 Å². The van der Waals surface area contributed by atoms with E-state index in [9.17, 15) is 0 Å². The van der Waals surface area contributed by atoms with Gasteiger partial charge >= 0.3 is 0 Å². The number of likely N-dealkylation sites (tertiary alicyclic amines) is 1. The summed E-state index contributed by atoms with van der Waals surface area (Å²) in [7, 11) is 0. The van der Waals surface area contributed by atoms with Crippen LogP contribution in [0.5, 0.6) is 0 Å². The first-order valence-corrected chi connectivity index (χ1v) is 8.14. The van der Waals surface area contributed by atoms with Gasteiger partial charge in [-0.3, -0.25) is 4.90 Å². The molecule has 4 heteroatoms. The van der Waals surface area contributed by atoms with Crippen LogP contribution in [0.15, 0.2) is 11.6 Å². The minimum atomic E-state index is 0.536. The van der Waals surface area contributed by atoms with E-state index in [2.05, 4.69) is 27.5 Å². The number of nitrogens with one attached hydrogen (secondary N) is 1. The zero-order valence-corrected chi connectivity index (χ0v) is 12.0. The van der Waals surface area contributed by atoms with Gasteiger partial charge in [-0.1, -0.05) is 6.92 Å². The van der Waals surface area contributed by atoms with Crippen molar-refractivity contribution in [3.63, 3.8) is 0 Å². The lowest BCUT2D eigenvalue weighted by Gasteiger charge is -2.37. The molecule has 3 rings (SSSR count). The Balaban J connectivity index is 1.62. The van der Waals surface area contributed by atoms with Crippen molar-refractivity contribution in [2.75, 3.05) is 13.1 Å². The zero-order chi connectivity index (χ0) is 12.4. The molecule has 2 fully saturated rings. The second kappa shape index (κ2) is 5.68. The molecule has 0 radical (unpaired) electrons. The van der Waals surface area contributed by atoms with Gasteiger partial charge in [-0.15, -0.1) is 11.3 Å². The Labute approximate surface area is 114 Å². The van der Waals surface area contributed by atoms with Crippen LogP contribution in [0.25, 0.3) is 0 Å². The predicted octanol–water partition coefficient (Wildman–Crippen LogP) is 2.81. The van der Waals surface area contributed by atoms with Gasteiger partial charge in [0.2, 0.25) is 0 Å². The van der Waals surface area contributed by atoms with E-state index in [0.717, 1.165) is 6.04 Å². The van der Waals surface area contributed by atoms with Gasteiger partial charge in [0.1, 0.15) is 5.01 Å². The third-order valence-electron chi connectivity index (χ3n) is 4.07. The minimum absolute atomic E-state index is 0.536. The fraction of sp³-hybridized carbons (Fsp3) is 0.786. The maximum Gasteiger partial charge on any atom is 0.110 e. The van der Waals surface area contributed by atoms with E-state index in [1.54, 1.807) is 11.3 Å². The van der Waals surface area contributed by atoms with Crippen molar-refractivity contribution in [2.45, 2.75) is 57.2 Å². The Kier molecular flexibility index (Phi) is 3.97. The lowest BCUT2D eigenvalue weighted by atomic mass is 10.0. The van der Waals surface area contributed by atoms with Gasteiger partial charge in [0, 0.05) is 30.2 Å². The van der Waals surface area contributed by atoms with Crippen LogP contribution in [0.2, 0.25) is 0 Å². The number of hydrogen-bond acceptors (Lipinski definition) is 4. The van der Waals surface area contributed by atoms with Crippen LogP contribution in [-0.2, 0) is 0 Å². The SMILES string of the molecule is CCC(c1nccs1)N1CCCC(NC2CC2)C1. The molecule has 1 N–H and O–H groups in total. The highest BCUT2D eigenvalue weighted by Crippen LogP contribution is 2.29. The van der Waals surface area contributed by atoms with E-state index < -0.39 is 0 Å². The molecule has 100 valence electrons. The zero-order valence-electron chi connectivity index (χ0n) is 11.1. The first-order chi connectivity index (χ1) is 8.86. The van der Waals surface area contributed by atoms with E-state index in [-0.39, 0.29) is 0 Å². The second-order valence-corrected chi connectivity index (χ2v) is 6.50. The van der Waals surface area contributed by atoms with Crippen LogP contribution in [-0.4, -0.2) is 35.1 Å². The number of piperidine rings is 1. The Morgan fingerprint density at radius 1 is 1.44 bits per heavy atom. The summed E-state index contributed by atoms with van der Waals surface area (Å²) in [6.07, 6.45) is 8.56. The van der Waals surface area contributed by atoms with Gasteiger partial charge in [-0.2, -0.15) is 0 Å². The molecule has 2 atom stereocenters.